The molecule has 0 unspecified atom stereocenters. The molecule has 1 N–H and O–H groups in total. The largest absolute Gasteiger partial charge is 0.314 e. The van der Waals surface area contributed by atoms with Gasteiger partial charge in [0, 0.05) is 26.2 Å². The van der Waals surface area contributed by atoms with Crippen molar-refractivity contribution in [3.8, 4) is 0 Å². The van der Waals surface area contributed by atoms with Gasteiger partial charge in [-0.1, -0.05) is 12.1 Å². The lowest BCUT2D eigenvalue weighted by Crippen LogP contribution is -2.47. The molecule has 0 bridgehead atoms. The number of piperazine rings is 1. The van der Waals surface area contributed by atoms with E-state index in [0.717, 1.165) is 36.9 Å². The van der Waals surface area contributed by atoms with Crippen molar-refractivity contribution in [2.24, 2.45) is 9.98 Å². The average molecular weight is 202 g/mol. The highest BCUT2D eigenvalue weighted by Gasteiger charge is 2.20. The lowest BCUT2D eigenvalue weighted by Gasteiger charge is -2.28. The number of hydrogen-bond donors (Lipinski definition) is 1. The van der Waals surface area contributed by atoms with Crippen LogP contribution >= 0.6 is 0 Å². The smallest absolute Gasteiger partial charge is 0.197 e. The number of nitrogens with one attached hydrogen (secondary N) is 1. The summed E-state index contributed by atoms with van der Waals surface area (Å²) in [6, 6.07) is 8.08. The monoisotopic (exact) mass is 202 g/mol. The van der Waals surface area contributed by atoms with Gasteiger partial charge < -0.3 is 5.32 Å². The molecule has 2 aliphatic heterocycles. The minimum atomic E-state index is 0.0181. The number of hydrogen-bond acceptors (Lipinski definition) is 4. The predicted octanol–water partition coefficient (Wildman–Crippen LogP) is -0.872. The molecule has 0 radical (unpaired) electrons. The van der Waals surface area contributed by atoms with Gasteiger partial charge in [0.1, 0.15) is 0 Å². The molecule has 4 heteroatoms. The van der Waals surface area contributed by atoms with Crippen LogP contribution in [0.1, 0.15) is 0 Å². The number of rotatable bonds is 1. The minimum Gasteiger partial charge on any atom is -0.314 e. The summed E-state index contributed by atoms with van der Waals surface area (Å²) in [6.45, 7) is 4.15. The van der Waals surface area contributed by atoms with E-state index in [1.165, 1.54) is 0 Å². The standard InChI is InChI=1S/C11H14N4/c1-2-4-10-9(3-1)13-11(14-10)15-7-5-12-6-8-15/h1-4,11-12H,5-8H2. The van der Waals surface area contributed by atoms with Gasteiger partial charge in [0.2, 0.25) is 0 Å². The first kappa shape index (κ1) is 9.00. The van der Waals surface area contributed by atoms with Crippen LogP contribution in [-0.2, 0) is 0 Å². The zero-order chi connectivity index (χ0) is 10.1. The van der Waals surface area contributed by atoms with E-state index < -0.39 is 0 Å². The van der Waals surface area contributed by atoms with Crippen LogP contribution in [0.5, 0.6) is 0 Å². The highest BCUT2D eigenvalue weighted by atomic mass is 15.4. The Balaban J connectivity index is 1.89. The maximum Gasteiger partial charge on any atom is 0.197 e. The lowest BCUT2D eigenvalue weighted by molar-refractivity contribution is 0.182. The molecule has 0 saturated carbocycles. The summed E-state index contributed by atoms with van der Waals surface area (Å²) in [5, 5.41) is 5.39. The van der Waals surface area contributed by atoms with Gasteiger partial charge in [0.25, 0.3) is 0 Å². The van der Waals surface area contributed by atoms with Crippen LogP contribution in [-0.4, -0.2) is 37.4 Å². The van der Waals surface area contributed by atoms with Crippen LogP contribution in [0.25, 0.3) is 0 Å². The molecule has 0 amide bonds. The fraction of sp³-hybridized carbons (Fsp3) is 0.455. The van der Waals surface area contributed by atoms with Crippen molar-refractivity contribution in [1.82, 2.24) is 10.2 Å². The van der Waals surface area contributed by atoms with Crippen molar-refractivity contribution in [3.63, 3.8) is 0 Å². The topological polar surface area (TPSA) is 40.0 Å². The first-order chi connectivity index (χ1) is 7.43. The van der Waals surface area contributed by atoms with Gasteiger partial charge in [-0.3, -0.25) is 4.90 Å². The quantitative estimate of drug-likeness (QED) is 0.643. The van der Waals surface area contributed by atoms with E-state index in [2.05, 4.69) is 20.2 Å². The minimum absolute atomic E-state index is 0.0181. The van der Waals surface area contributed by atoms with Crippen LogP contribution in [0.15, 0.2) is 34.3 Å². The Kier molecular flexibility index (Phi) is 2.23. The van der Waals surface area contributed by atoms with Gasteiger partial charge in [-0.15, -0.1) is 0 Å². The van der Waals surface area contributed by atoms with E-state index in [1.807, 2.05) is 24.3 Å². The maximum absolute atomic E-state index is 4.61. The van der Waals surface area contributed by atoms with Crippen LogP contribution in [0.2, 0.25) is 0 Å². The first-order valence-electron chi connectivity index (χ1n) is 5.39. The fourth-order valence-electron chi connectivity index (χ4n) is 2.04. The molecule has 4 nitrogen and oxygen atoms in total. The summed E-state index contributed by atoms with van der Waals surface area (Å²) in [7, 11) is 0. The van der Waals surface area contributed by atoms with Crippen molar-refractivity contribution in [3.05, 3.63) is 35.0 Å². The highest BCUT2D eigenvalue weighted by Crippen LogP contribution is 2.04. The highest BCUT2D eigenvalue weighted by molar-refractivity contribution is 5.03. The van der Waals surface area contributed by atoms with E-state index >= 15 is 0 Å². The Morgan fingerprint density at radius 1 is 1.07 bits per heavy atom. The Bertz CT molecular complexity index is 427. The number of nitrogens with zero attached hydrogens (tertiary/aromatic N) is 3. The van der Waals surface area contributed by atoms with E-state index in [1.54, 1.807) is 0 Å². The Hall–Kier alpha value is -1.26. The Morgan fingerprint density at radius 3 is 2.27 bits per heavy atom. The summed E-state index contributed by atoms with van der Waals surface area (Å²) < 4.78 is 0. The molecule has 2 aliphatic rings. The maximum atomic E-state index is 4.61. The first-order valence-corrected chi connectivity index (χ1v) is 5.39. The third-order valence-corrected chi connectivity index (χ3v) is 2.87. The molecular formula is C11H14N4. The summed E-state index contributed by atoms with van der Waals surface area (Å²) in [5.41, 5.74) is 0. The fourth-order valence-corrected chi connectivity index (χ4v) is 2.04. The number of benzene rings is 1. The van der Waals surface area contributed by atoms with E-state index in [4.69, 9.17) is 0 Å². The van der Waals surface area contributed by atoms with Gasteiger partial charge in [-0.05, 0) is 12.1 Å². The van der Waals surface area contributed by atoms with Gasteiger partial charge in [0.05, 0.1) is 10.7 Å². The summed E-state index contributed by atoms with van der Waals surface area (Å²) in [4.78, 5) is 11.5. The number of fused-ring (bicyclic) bond motifs is 1. The van der Waals surface area contributed by atoms with Crippen molar-refractivity contribution < 1.29 is 0 Å². The zero-order valence-electron chi connectivity index (χ0n) is 8.56. The van der Waals surface area contributed by atoms with Crippen LogP contribution in [0.3, 0.4) is 0 Å². The average Bonchev–Trinajstić information content (AvgIpc) is 2.74. The third kappa shape index (κ3) is 1.66. The summed E-state index contributed by atoms with van der Waals surface area (Å²) in [5.74, 6) is 0. The molecule has 1 fully saturated rings. The summed E-state index contributed by atoms with van der Waals surface area (Å²) >= 11 is 0. The van der Waals surface area contributed by atoms with E-state index in [9.17, 15) is 0 Å². The van der Waals surface area contributed by atoms with E-state index in [-0.39, 0.29) is 6.29 Å². The van der Waals surface area contributed by atoms with Gasteiger partial charge >= 0.3 is 0 Å². The lowest BCUT2D eigenvalue weighted by atomic mass is 10.3. The molecule has 1 aromatic carbocycles. The van der Waals surface area contributed by atoms with Gasteiger partial charge in [0.15, 0.2) is 6.29 Å². The SMILES string of the molecule is c1ccc2c(c1)=NC(N1CCNCC1)N=2. The molecule has 3 rings (SSSR count). The van der Waals surface area contributed by atoms with Gasteiger partial charge in [-0.2, -0.15) is 0 Å². The molecule has 2 heterocycles. The molecular weight excluding hydrogens is 188 g/mol. The van der Waals surface area contributed by atoms with Crippen LogP contribution in [0, 0.1) is 0 Å². The molecule has 1 aromatic rings. The normalized spacial score (nSPS) is 21.9. The molecule has 0 atom stereocenters. The van der Waals surface area contributed by atoms with Crippen molar-refractivity contribution in [2.45, 2.75) is 6.29 Å². The van der Waals surface area contributed by atoms with Crippen molar-refractivity contribution >= 4 is 0 Å². The second-order valence-electron chi connectivity index (χ2n) is 3.88. The Labute approximate surface area is 88.3 Å². The second-order valence-corrected chi connectivity index (χ2v) is 3.88. The van der Waals surface area contributed by atoms with E-state index in [0.29, 0.717) is 0 Å². The van der Waals surface area contributed by atoms with Crippen LogP contribution in [0.4, 0.5) is 0 Å². The molecule has 0 aliphatic carbocycles. The molecule has 0 aromatic heterocycles. The van der Waals surface area contributed by atoms with Crippen molar-refractivity contribution in [1.29, 1.82) is 0 Å². The predicted molar refractivity (Wildman–Crippen MR) is 57.0 cm³/mol. The molecule has 1 saturated heterocycles. The van der Waals surface area contributed by atoms with Crippen molar-refractivity contribution in [2.75, 3.05) is 26.2 Å². The number of para-hydroxylation sites is 2. The Morgan fingerprint density at radius 2 is 1.67 bits per heavy atom. The summed E-state index contributed by atoms with van der Waals surface area (Å²) in [6.07, 6.45) is 0.0181. The van der Waals surface area contributed by atoms with Gasteiger partial charge in [-0.25, -0.2) is 9.98 Å². The molecule has 15 heavy (non-hydrogen) atoms. The van der Waals surface area contributed by atoms with Crippen LogP contribution < -0.4 is 16.0 Å². The zero-order valence-corrected chi connectivity index (χ0v) is 8.56. The third-order valence-electron chi connectivity index (χ3n) is 2.87. The molecule has 0 spiro atoms. The molecule has 78 valence electrons. The second kappa shape index (κ2) is 3.72.